The lowest BCUT2D eigenvalue weighted by atomic mass is 10.2. The third-order valence-corrected chi connectivity index (χ3v) is 4.97. The monoisotopic (exact) mass is 375 g/mol. The number of pyridine rings is 1. The van der Waals surface area contributed by atoms with Gasteiger partial charge in [-0.15, -0.1) is 0 Å². The number of hydrogen-bond acceptors (Lipinski definition) is 5. The molecule has 8 heteroatoms. The average molecular weight is 376 g/mol. The summed E-state index contributed by atoms with van der Waals surface area (Å²) < 4.78 is 7.42. The van der Waals surface area contributed by atoms with E-state index in [0.717, 1.165) is 51.2 Å². The van der Waals surface area contributed by atoms with E-state index in [1.54, 1.807) is 23.0 Å². The second kappa shape index (κ2) is 7.63. The minimum absolute atomic E-state index is 0.209. The predicted molar refractivity (Wildman–Crippen MR) is 99.8 cm³/mol. The van der Waals surface area contributed by atoms with Gasteiger partial charge in [0.15, 0.2) is 0 Å². The summed E-state index contributed by atoms with van der Waals surface area (Å²) >= 11 is 6.13. The molecule has 2 aromatic heterocycles. The lowest BCUT2D eigenvalue weighted by Crippen LogP contribution is -2.20. The van der Waals surface area contributed by atoms with Gasteiger partial charge in [-0.3, -0.25) is 9.48 Å². The summed E-state index contributed by atoms with van der Waals surface area (Å²) in [4.78, 5) is 19.1. The minimum atomic E-state index is -0.216. The Morgan fingerprint density at radius 2 is 2.15 bits per heavy atom. The fourth-order valence-electron chi connectivity index (χ4n) is 3.45. The molecule has 4 rings (SSSR count). The van der Waals surface area contributed by atoms with Gasteiger partial charge in [-0.1, -0.05) is 11.6 Å². The Morgan fingerprint density at radius 1 is 1.31 bits per heavy atom. The Bertz CT molecular complexity index is 782. The van der Waals surface area contributed by atoms with Crippen molar-refractivity contribution in [2.75, 3.05) is 29.9 Å². The van der Waals surface area contributed by atoms with Crippen LogP contribution in [0.25, 0.3) is 0 Å². The lowest BCUT2D eigenvalue weighted by molar-refractivity contribution is 0.0940. The third-order valence-electron chi connectivity index (χ3n) is 4.78. The topological polar surface area (TPSA) is 72.3 Å². The molecule has 0 saturated carbocycles. The van der Waals surface area contributed by atoms with Crippen LogP contribution in [0.1, 0.15) is 36.0 Å². The first kappa shape index (κ1) is 17.3. The largest absolute Gasteiger partial charge is 0.376 e. The molecular formula is C18H22ClN5O2. The van der Waals surface area contributed by atoms with Gasteiger partial charge < -0.3 is 15.0 Å². The molecule has 0 aromatic carbocycles. The van der Waals surface area contributed by atoms with Crippen LogP contribution in [0.2, 0.25) is 5.15 Å². The number of nitrogens with zero attached hydrogens (tertiary/aromatic N) is 4. The number of hydrogen-bond donors (Lipinski definition) is 1. The van der Waals surface area contributed by atoms with Crippen molar-refractivity contribution in [3.05, 3.63) is 35.2 Å². The van der Waals surface area contributed by atoms with Crippen molar-refractivity contribution in [3.63, 3.8) is 0 Å². The van der Waals surface area contributed by atoms with Crippen molar-refractivity contribution in [2.45, 2.75) is 38.3 Å². The number of halogens is 1. The van der Waals surface area contributed by atoms with Crippen LogP contribution in [0.3, 0.4) is 0 Å². The van der Waals surface area contributed by atoms with E-state index in [2.05, 4.69) is 20.3 Å². The van der Waals surface area contributed by atoms with E-state index in [9.17, 15) is 4.79 Å². The van der Waals surface area contributed by atoms with E-state index in [4.69, 9.17) is 16.3 Å². The van der Waals surface area contributed by atoms with Crippen LogP contribution < -0.4 is 10.2 Å². The molecule has 2 aliphatic rings. The number of rotatable bonds is 5. The van der Waals surface area contributed by atoms with E-state index in [-0.39, 0.29) is 12.0 Å². The molecule has 4 heterocycles. The van der Waals surface area contributed by atoms with E-state index >= 15 is 0 Å². The number of carbonyl (C=O) groups excluding carboxylic acids is 1. The number of aromatic nitrogens is 3. The second-order valence-corrected chi connectivity index (χ2v) is 7.16. The molecule has 2 aliphatic heterocycles. The zero-order chi connectivity index (χ0) is 17.9. The normalized spacial score (nSPS) is 19.9. The Hall–Kier alpha value is -2.12. The first-order chi connectivity index (χ1) is 12.7. The first-order valence-electron chi connectivity index (χ1n) is 9.05. The Balaban J connectivity index is 1.43. The summed E-state index contributed by atoms with van der Waals surface area (Å²) in [5, 5.41) is 7.51. The number of carbonyl (C=O) groups is 1. The fraction of sp³-hybridized carbons (Fsp3) is 0.500. The molecule has 1 atom stereocenters. The van der Waals surface area contributed by atoms with E-state index in [1.807, 2.05) is 6.20 Å². The summed E-state index contributed by atoms with van der Waals surface area (Å²) in [5.41, 5.74) is 1.16. The second-order valence-electron chi connectivity index (χ2n) is 6.77. The van der Waals surface area contributed by atoms with Crippen LogP contribution >= 0.6 is 11.6 Å². The smallest absolute Gasteiger partial charge is 0.255 e. The van der Waals surface area contributed by atoms with Gasteiger partial charge in [0.25, 0.3) is 5.91 Å². The number of nitrogens with one attached hydrogen (secondary N) is 1. The van der Waals surface area contributed by atoms with Crippen LogP contribution in [-0.4, -0.2) is 46.5 Å². The van der Waals surface area contributed by atoms with Gasteiger partial charge in [0.05, 0.1) is 24.5 Å². The highest BCUT2D eigenvalue weighted by Gasteiger charge is 2.19. The molecule has 26 heavy (non-hydrogen) atoms. The molecule has 2 saturated heterocycles. The lowest BCUT2D eigenvalue weighted by Gasteiger charge is -2.17. The van der Waals surface area contributed by atoms with Gasteiger partial charge in [0.1, 0.15) is 11.0 Å². The van der Waals surface area contributed by atoms with Crippen LogP contribution in [0, 0.1) is 0 Å². The zero-order valence-electron chi connectivity index (χ0n) is 14.5. The van der Waals surface area contributed by atoms with Crippen molar-refractivity contribution in [3.8, 4) is 0 Å². The highest BCUT2D eigenvalue weighted by molar-refractivity contribution is 6.30. The summed E-state index contributed by atoms with van der Waals surface area (Å²) in [5.74, 6) is 0.542. The molecular weight excluding hydrogens is 354 g/mol. The molecule has 7 nitrogen and oxygen atoms in total. The van der Waals surface area contributed by atoms with Gasteiger partial charge in [-0.25, -0.2) is 4.98 Å². The van der Waals surface area contributed by atoms with E-state index in [0.29, 0.717) is 22.9 Å². The Kier molecular flexibility index (Phi) is 5.08. The summed E-state index contributed by atoms with van der Waals surface area (Å²) in [7, 11) is 0. The van der Waals surface area contributed by atoms with Crippen molar-refractivity contribution >= 4 is 29.0 Å². The Labute approximate surface area is 157 Å². The van der Waals surface area contributed by atoms with Crippen molar-refractivity contribution < 1.29 is 9.53 Å². The minimum Gasteiger partial charge on any atom is -0.376 e. The van der Waals surface area contributed by atoms with Gasteiger partial charge in [-0.2, -0.15) is 5.10 Å². The highest BCUT2D eigenvalue weighted by Crippen LogP contribution is 2.23. The van der Waals surface area contributed by atoms with Gasteiger partial charge >= 0.3 is 0 Å². The molecule has 0 aliphatic carbocycles. The molecule has 1 N–H and O–H groups in total. The quantitative estimate of drug-likeness (QED) is 0.813. The summed E-state index contributed by atoms with van der Waals surface area (Å²) in [6, 6.07) is 3.39. The van der Waals surface area contributed by atoms with Gasteiger partial charge in [-0.05, 0) is 37.8 Å². The highest BCUT2D eigenvalue weighted by atomic mass is 35.5. The Morgan fingerprint density at radius 3 is 2.92 bits per heavy atom. The first-order valence-corrected chi connectivity index (χ1v) is 9.43. The predicted octanol–water partition coefficient (Wildman–Crippen LogP) is 2.96. The van der Waals surface area contributed by atoms with Crippen molar-refractivity contribution in [1.82, 2.24) is 14.8 Å². The van der Waals surface area contributed by atoms with Crippen LogP contribution in [0.15, 0.2) is 24.5 Å². The average Bonchev–Trinajstić information content (AvgIpc) is 3.37. The molecule has 138 valence electrons. The molecule has 2 aromatic rings. The number of anilines is 2. The van der Waals surface area contributed by atoms with Crippen LogP contribution in [-0.2, 0) is 11.3 Å². The van der Waals surface area contributed by atoms with Crippen molar-refractivity contribution in [2.24, 2.45) is 0 Å². The number of amides is 1. The maximum Gasteiger partial charge on any atom is 0.255 e. The van der Waals surface area contributed by atoms with Crippen LogP contribution in [0.5, 0.6) is 0 Å². The third kappa shape index (κ3) is 3.99. The summed E-state index contributed by atoms with van der Waals surface area (Å²) in [6.45, 7) is 3.42. The van der Waals surface area contributed by atoms with E-state index < -0.39 is 0 Å². The molecule has 1 unspecified atom stereocenters. The molecule has 0 radical (unpaired) electrons. The fourth-order valence-corrected chi connectivity index (χ4v) is 3.65. The summed E-state index contributed by atoms with van der Waals surface area (Å²) in [6.07, 6.45) is 8.11. The molecule has 0 spiro atoms. The molecule has 2 fully saturated rings. The molecule has 0 bridgehead atoms. The zero-order valence-corrected chi connectivity index (χ0v) is 15.3. The van der Waals surface area contributed by atoms with Gasteiger partial charge in [0, 0.05) is 31.5 Å². The van der Waals surface area contributed by atoms with Crippen LogP contribution in [0.4, 0.5) is 11.5 Å². The molecule has 1 amide bonds. The SMILES string of the molecule is O=C(Nc1cnn(CC2CCCO2)c1)c1cc(Cl)nc(N2CCCC2)c1. The maximum absolute atomic E-state index is 12.6. The van der Waals surface area contributed by atoms with Gasteiger partial charge in [0.2, 0.25) is 0 Å². The number of ether oxygens (including phenoxy) is 1. The van der Waals surface area contributed by atoms with Crippen molar-refractivity contribution in [1.29, 1.82) is 0 Å². The maximum atomic E-state index is 12.6. The standard InChI is InChI=1S/C18H22ClN5O2/c19-16-8-13(9-17(22-16)23-5-1-2-6-23)18(25)21-14-10-20-24(11-14)12-15-4-3-7-26-15/h8-11,15H,1-7,12H2,(H,21,25). The van der Waals surface area contributed by atoms with E-state index in [1.165, 1.54) is 0 Å².